The molecule has 5 nitrogen and oxygen atoms in total. The fraction of sp³-hybridized carbons (Fsp3) is 0.471. The number of hydrogen-bond acceptors (Lipinski definition) is 3. The van der Waals surface area contributed by atoms with Gasteiger partial charge in [-0.1, -0.05) is 28.1 Å². The first kappa shape index (κ1) is 21.1. The van der Waals surface area contributed by atoms with Crippen LogP contribution in [0.4, 0.5) is 0 Å². The van der Waals surface area contributed by atoms with Crippen LogP contribution in [-0.4, -0.2) is 32.8 Å². The Morgan fingerprint density at radius 2 is 1.83 bits per heavy atom. The van der Waals surface area contributed by atoms with Gasteiger partial charge in [-0.2, -0.15) is 0 Å². The average Bonchev–Trinajstić information content (AvgIpc) is 3.06. The highest BCUT2D eigenvalue weighted by atomic mass is 127. The molecule has 2 N–H and O–H groups in total. The van der Waals surface area contributed by atoms with E-state index >= 15 is 0 Å². The molecule has 0 aromatic heterocycles. The second kappa shape index (κ2) is 10.8. The van der Waals surface area contributed by atoms with Gasteiger partial charge in [0, 0.05) is 17.1 Å². The Balaban J connectivity index is 0.00000288. The summed E-state index contributed by atoms with van der Waals surface area (Å²) in [6.07, 6.45) is 6.49. The highest BCUT2D eigenvalue weighted by molar-refractivity contribution is 14.0. The van der Waals surface area contributed by atoms with Crippen LogP contribution in [0.2, 0.25) is 0 Å². The van der Waals surface area contributed by atoms with Crippen molar-refractivity contribution in [1.82, 2.24) is 10.6 Å². The van der Waals surface area contributed by atoms with E-state index in [1.165, 1.54) is 0 Å². The van der Waals surface area contributed by atoms with E-state index in [-0.39, 0.29) is 24.0 Å². The number of guanidine groups is 1. The van der Waals surface area contributed by atoms with Crippen molar-refractivity contribution >= 4 is 45.9 Å². The summed E-state index contributed by atoms with van der Waals surface area (Å²) in [5.41, 5.74) is 1.05. The van der Waals surface area contributed by atoms with Crippen LogP contribution in [0.5, 0.6) is 11.5 Å². The van der Waals surface area contributed by atoms with E-state index in [2.05, 4.69) is 50.6 Å². The Morgan fingerprint density at radius 3 is 2.42 bits per heavy atom. The standard InChI is InChI=1S/C17H24BrN3O2.HI/c1-4-19-17(21-13-7-5-6-8-13)20-11-12-9-15(22-2)16(23-3)10-14(12)18;/h5-6,9-10,13H,4,7-8,11H2,1-3H3,(H2,19,20,21);1H. The number of methoxy groups -OCH3 is 2. The number of ether oxygens (including phenoxy) is 2. The third-order valence-corrected chi connectivity index (χ3v) is 4.39. The van der Waals surface area contributed by atoms with Crippen molar-refractivity contribution < 1.29 is 9.47 Å². The second-order valence-electron chi connectivity index (χ2n) is 5.28. The maximum atomic E-state index is 5.36. The first-order chi connectivity index (χ1) is 11.2. The van der Waals surface area contributed by atoms with Gasteiger partial charge in [-0.25, -0.2) is 4.99 Å². The molecule has 0 aliphatic heterocycles. The van der Waals surface area contributed by atoms with E-state index in [1.807, 2.05) is 12.1 Å². The number of hydrogen-bond donors (Lipinski definition) is 2. The summed E-state index contributed by atoms with van der Waals surface area (Å²) < 4.78 is 11.6. The fourth-order valence-corrected chi connectivity index (χ4v) is 2.88. The largest absolute Gasteiger partial charge is 0.493 e. The molecule has 134 valence electrons. The number of aliphatic imine (C=N–C) groups is 1. The van der Waals surface area contributed by atoms with Gasteiger partial charge in [0.1, 0.15) is 0 Å². The molecule has 0 amide bonds. The Labute approximate surface area is 169 Å². The molecule has 1 aromatic carbocycles. The topological polar surface area (TPSA) is 54.9 Å². The molecule has 0 saturated heterocycles. The molecule has 0 radical (unpaired) electrons. The molecule has 0 bridgehead atoms. The molecule has 1 aliphatic rings. The van der Waals surface area contributed by atoms with Gasteiger partial charge in [-0.15, -0.1) is 24.0 Å². The van der Waals surface area contributed by atoms with E-state index in [0.29, 0.717) is 24.1 Å². The molecule has 24 heavy (non-hydrogen) atoms. The fourth-order valence-electron chi connectivity index (χ4n) is 2.43. The maximum Gasteiger partial charge on any atom is 0.191 e. The van der Waals surface area contributed by atoms with Crippen molar-refractivity contribution in [2.24, 2.45) is 4.99 Å². The van der Waals surface area contributed by atoms with Crippen molar-refractivity contribution in [3.8, 4) is 11.5 Å². The summed E-state index contributed by atoms with van der Waals surface area (Å²) in [5, 5.41) is 6.75. The first-order valence-electron chi connectivity index (χ1n) is 7.78. The van der Waals surface area contributed by atoms with E-state index < -0.39 is 0 Å². The predicted molar refractivity (Wildman–Crippen MR) is 113 cm³/mol. The van der Waals surface area contributed by atoms with Crippen molar-refractivity contribution in [3.63, 3.8) is 0 Å². The number of nitrogens with one attached hydrogen (secondary N) is 2. The number of benzene rings is 1. The van der Waals surface area contributed by atoms with E-state index in [9.17, 15) is 0 Å². The molecule has 0 atom stereocenters. The smallest absolute Gasteiger partial charge is 0.191 e. The summed E-state index contributed by atoms with van der Waals surface area (Å²) in [4.78, 5) is 4.68. The molecular formula is C17H25BrIN3O2. The van der Waals surface area contributed by atoms with Gasteiger partial charge in [-0.3, -0.25) is 0 Å². The van der Waals surface area contributed by atoms with Crippen LogP contribution in [-0.2, 0) is 6.54 Å². The first-order valence-corrected chi connectivity index (χ1v) is 8.57. The maximum absolute atomic E-state index is 5.36. The van der Waals surface area contributed by atoms with Gasteiger partial charge < -0.3 is 20.1 Å². The zero-order chi connectivity index (χ0) is 16.7. The van der Waals surface area contributed by atoms with Crippen molar-refractivity contribution in [1.29, 1.82) is 0 Å². The van der Waals surface area contributed by atoms with Crippen LogP contribution in [0.15, 0.2) is 33.7 Å². The minimum Gasteiger partial charge on any atom is -0.493 e. The van der Waals surface area contributed by atoms with Gasteiger partial charge >= 0.3 is 0 Å². The van der Waals surface area contributed by atoms with Crippen molar-refractivity contribution in [2.45, 2.75) is 32.4 Å². The van der Waals surface area contributed by atoms with Crippen LogP contribution in [0.3, 0.4) is 0 Å². The zero-order valence-electron chi connectivity index (χ0n) is 14.3. The van der Waals surface area contributed by atoms with Crippen molar-refractivity contribution in [2.75, 3.05) is 20.8 Å². The lowest BCUT2D eigenvalue weighted by molar-refractivity contribution is 0.354. The van der Waals surface area contributed by atoms with Gasteiger partial charge in [0.25, 0.3) is 0 Å². The lowest BCUT2D eigenvalue weighted by Gasteiger charge is -2.17. The summed E-state index contributed by atoms with van der Waals surface area (Å²) in [6.45, 7) is 3.45. The molecule has 0 unspecified atom stereocenters. The zero-order valence-corrected chi connectivity index (χ0v) is 18.2. The Kier molecular flexibility index (Phi) is 9.50. The quantitative estimate of drug-likeness (QED) is 0.264. The number of nitrogens with zero attached hydrogens (tertiary/aromatic N) is 1. The third kappa shape index (κ3) is 5.84. The van der Waals surface area contributed by atoms with Crippen LogP contribution in [0, 0.1) is 0 Å². The summed E-state index contributed by atoms with van der Waals surface area (Å²) >= 11 is 3.57. The SMILES string of the molecule is CCNC(=NCc1cc(OC)c(OC)cc1Br)NC1CC=CC1.I. The Bertz CT molecular complexity index is 585. The summed E-state index contributed by atoms with van der Waals surface area (Å²) in [7, 11) is 3.27. The van der Waals surface area contributed by atoms with Gasteiger partial charge in [-0.05, 0) is 37.5 Å². The molecule has 2 rings (SSSR count). The Hall–Kier alpha value is -0.960. The summed E-state index contributed by atoms with van der Waals surface area (Å²) in [5.74, 6) is 2.25. The highest BCUT2D eigenvalue weighted by Gasteiger charge is 2.13. The van der Waals surface area contributed by atoms with Gasteiger partial charge in [0.05, 0.1) is 20.8 Å². The van der Waals surface area contributed by atoms with E-state index in [0.717, 1.165) is 35.4 Å². The molecule has 0 saturated carbocycles. The molecule has 1 aromatic rings. The molecule has 0 spiro atoms. The molecule has 0 fully saturated rings. The average molecular weight is 510 g/mol. The highest BCUT2D eigenvalue weighted by Crippen LogP contribution is 2.33. The van der Waals surface area contributed by atoms with E-state index in [1.54, 1.807) is 14.2 Å². The van der Waals surface area contributed by atoms with Crippen LogP contribution >= 0.6 is 39.9 Å². The second-order valence-corrected chi connectivity index (χ2v) is 6.13. The number of rotatable bonds is 6. The minimum atomic E-state index is 0. The van der Waals surface area contributed by atoms with Crippen molar-refractivity contribution in [3.05, 3.63) is 34.3 Å². The predicted octanol–water partition coefficient (Wildman–Crippen LogP) is 3.86. The lowest BCUT2D eigenvalue weighted by Crippen LogP contribution is -2.42. The van der Waals surface area contributed by atoms with E-state index in [4.69, 9.17) is 9.47 Å². The van der Waals surface area contributed by atoms with Crippen LogP contribution in [0.25, 0.3) is 0 Å². The molecule has 1 aliphatic carbocycles. The van der Waals surface area contributed by atoms with Crippen LogP contribution < -0.4 is 20.1 Å². The molecule has 7 heteroatoms. The number of halogens is 2. The van der Waals surface area contributed by atoms with Gasteiger partial charge in [0.15, 0.2) is 17.5 Å². The normalized spacial score (nSPS) is 14.2. The Morgan fingerprint density at radius 1 is 1.21 bits per heavy atom. The minimum absolute atomic E-state index is 0. The summed E-state index contributed by atoms with van der Waals surface area (Å²) in [6, 6.07) is 4.29. The third-order valence-electron chi connectivity index (χ3n) is 3.65. The monoisotopic (exact) mass is 509 g/mol. The molecule has 0 heterocycles. The lowest BCUT2D eigenvalue weighted by atomic mass is 10.2. The molecular weight excluding hydrogens is 485 g/mol. The van der Waals surface area contributed by atoms with Crippen LogP contribution in [0.1, 0.15) is 25.3 Å². The van der Waals surface area contributed by atoms with Gasteiger partial charge in [0.2, 0.25) is 0 Å².